The quantitative estimate of drug-likeness (QED) is 0.803. The van der Waals surface area contributed by atoms with Gasteiger partial charge in [-0.3, -0.25) is 4.98 Å². The zero-order chi connectivity index (χ0) is 10.8. The molecule has 0 bridgehead atoms. The fourth-order valence-electron chi connectivity index (χ4n) is 1.08. The van der Waals surface area contributed by atoms with Gasteiger partial charge in [0.1, 0.15) is 0 Å². The summed E-state index contributed by atoms with van der Waals surface area (Å²) in [6.07, 6.45) is 2.78. The molecule has 0 aliphatic rings. The van der Waals surface area contributed by atoms with E-state index in [1.807, 2.05) is 0 Å². The van der Waals surface area contributed by atoms with Gasteiger partial charge in [0.05, 0.1) is 16.2 Å². The second-order valence-corrected chi connectivity index (χ2v) is 5.75. The lowest BCUT2D eigenvalue weighted by Gasteiger charge is -2.16. The van der Waals surface area contributed by atoms with E-state index in [2.05, 4.69) is 4.98 Å². The average molecular weight is 215 g/mol. The molecular weight excluding hydrogens is 202 g/mol. The van der Waals surface area contributed by atoms with E-state index in [1.54, 1.807) is 6.07 Å². The largest absolute Gasteiger partial charge is 0.389 e. The number of hydrogen-bond donors (Lipinski definition) is 1. The summed E-state index contributed by atoms with van der Waals surface area (Å²) < 4.78 is 23.3. The molecule has 0 aliphatic heterocycles. The highest BCUT2D eigenvalue weighted by molar-refractivity contribution is 7.91. The van der Waals surface area contributed by atoms with Crippen molar-refractivity contribution in [2.45, 2.75) is 24.3 Å². The van der Waals surface area contributed by atoms with Gasteiger partial charge in [0.25, 0.3) is 0 Å². The molecule has 0 aliphatic carbocycles. The van der Waals surface area contributed by atoms with Gasteiger partial charge >= 0.3 is 0 Å². The first kappa shape index (κ1) is 11.1. The Kier molecular flexibility index (Phi) is 2.92. The van der Waals surface area contributed by atoms with E-state index in [-0.39, 0.29) is 10.6 Å². The minimum atomic E-state index is -3.43. The van der Waals surface area contributed by atoms with Crippen molar-refractivity contribution in [2.75, 3.05) is 5.75 Å². The van der Waals surface area contributed by atoms with E-state index >= 15 is 0 Å². The number of rotatable bonds is 3. The van der Waals surface area contributed by atoms with Gasteiger partial charge in [0.2, 0.25) is 0 Å². The van der Waals surface area contributed by atoms with Crippen LogP contribution in [0.1, 0.15) is 13.8 Å². The van der Waals surface area contributed by atoms with E-state index in [0.717, 1.165) is 0 Å². The van der Waals surface area contributed by atoms with Crippen molar-refractivity contribution in [3.8, 4) is 0 Å². The third-order valence-electron chi connectivity index (χ3n) is 1.54. The van der Waals surface area contributed by atoms with Crippen LogP contribution in [0.5, 0.6) is 0 Å². The molecule has 5 heteroatoms. The van der Waals surface area contributed by atoms with Crippen molar-refractivity contribution < 1.29 is 13.5 Å². The molecule has 0 radical (unpaired) electrons. The topological polar surface area (TPSA) is 67.3 Å². The Labute approximate surface area is 83.5 Å². The van der Waals surface area contributed by atoms with Crippen LogP contribution in [-0.4, -0.2) is 29.9 Å². The molecule has 14 heavy (non-hydrogen) atoms. The smallest absolute Gasteiger partial charge is 0.182 e. The van der Waals surface area contributed by atoms with E-state index in [1.165, 1.54) is 32.3 Å². The highest BCUT2D eigenvalue weighted by Gasteiger charge is 2.24. The number of nitrogens with zero attached hydrogens (tertiary/aromatic N) is 1. The van der Waals surface area contributed by atoms with Crippen LogP contribution < -0.4 is 0 Å². The van der Waals surface area contributed by atoms with E-state index in [0.29, 0.717) is 0 Å². The molecule has 0 fully saturated rings. The fraction of sp³-hybridized carbons (Fsp3) is 0.444. The summed E-state index contributed by atoms with van der Waals surface area (Å²) >= 11 is 0. The van der Waals surface area contributed by atoms with Gasteiger partial charge < -0.3 is 5.11 Å². The average Bonchev–Trinajstić information content (AvgIpc) is 2.01. The molecule has 1 aromatic heterocycles. The molecule has 0 amide bonds. The third kappa shape index (κ3) is 3.08. The predicted octanol–water partition coefficient (Wildman–Crippen LogP) is 0.626. The van der Waals surface area contributed by atoms with Gasteiger partial charge in [0.15, 0.2) is 9.84 Å². The Bertz CT molecular complexity index is 392. The monoisotopic (exact) mass is 215 g/mol. The lowest BCUT2D eigenvalue weighted by molar-refractivity contribution is 0.105. The molecule has 1 aromatic rings. The highest BCUT2D eigenvalue weighted by Crippen LogP contribution is 2.14. The van der Waals surface area contributed by atoms with Gasteiger partial charge in [0, 0.05) is 12.4 Å². The van der Waals surface area contributed by atoms with Crippen molar-refractivity contribution in [3.63, 3.8) is 0 Å². The summed E-state index contributed by atoms with van der Waals surface area (Å²) in [5.74, 6) is -0.300. The van der Waals surface area contributed by atoms with Crippen molar-refractivity contribution in [1.82, 2.24) is 4.98 Å². The normalized spacial score (nSPS) is 12.8. The molecule has 0 unspecified atom stereocenters. The zero-order valence-electron chi connectivity index (χ0n) is 8.14. The van der Waals surface area contributed by atoms with Crippen LogP contribution in [0.15, 0.2) is 29.4 Å². The van der Waals surface area contributed by atoms with E-state index in [4.69, 9.17) is 0 Å². The minimum Gasteiger partial charge on any atom is -0.389 e. The van der Waals surface area contributed by atoms with Gasteiger partial charge in [-0.2, -0.15) is 0 Å². The fourth-order valence-corrected chi connectivity index (χ4v) is 2.68. The maximum absolute atomic E-state index is 11.6. The number of aromatic nitrogens is 1. The van der Waals surface area contributed by atoms with Crippen LogP contribution in [0.25, 0.3) is 0 Å². The van der Waals surface area contributed by atoms with Crippen LogP contribution in [0.3, 0.4) is 0 Å². The molecule has 1 rings (SSSR count). The lowest BCUT2D eigenvalue weighted by Crippen LogP contribution is -2.30. The Morgan fingerprint density at radius 3 is 2.57 bits per heavy atom. The van der Waals surface area contributed by atoms with Gasteiger partial charge in [-0.15, -0.1) is 0 Å². The highest BCUT2D eigenvalue weighted by atomic mass is 32.2. The Morgan fingerprint density at radius 2 is 2.14 bits per heavy atom. The number of hydrogen-bond acceptors (Lipinski definition) is 4. The molecule has 0 aromatic carbocycles. The summed E-state index contributed by atoms with van der Waals surface area (Å²) in [5, 5.41) is 9.42. The van der Waals surface area contributed by atoms with Crippen molar-refractivity contribution in [1.29, 1.82) is 0 Å². The third-order valence-corrected chi connectivity index (χ3v) is 3.58. The molecule has 78 valence electrons. The SMILES string of the molecule is CC(C)(O)CS(=O)(=O)c1cccnc1. The maximum atomic E-state index is 11.6. The first-order valence-electron chi connectivity index (χ1n) is 4.16. The first-order chi connectivity index (χ1) is 6.31. The molecule has 1 heterocycles. The zero-order valence-corrected chi connectivity index (χ0v) is 8.95. The minimum absolute atomic E-state index is 0.141. The number of pyridine rings is 1. The molecule has 1 N–H and O–H groups in total. The molecule has 0 saturated heterocycles. The van der Waals surface area contributed by atoms with Gasteiger partial charge in [-0.05, 0) is 26.0 Å². The summed E-state index contributed by atoms with van der Waals surface area (Å²) in [6, 6.07) is 3.02. The van der Waals surface area contributed by atoms with Crippen LogP contribution in [0, 0.1) is 0 Å². The number of sulfone groups is 1. The van der Waals surface area contributed by atoms with E-state index in [9.17, 15) is 13.5 Å². The van der Waals surface area contributed by atoms with Crippen LogP contribution in [0.2, 0.25) is 0 Å². The molecule has 4 nitrogen and oxygen atoms in total. The first-order valence-corrected chi connectivity index (χ1v) is 5.82. The summed E-state index contributed by atoms with van der Waals surface area (Å²) in [7, 11) is -3.43. The van der Waals surface area contributed by atoms with E-state index < -0.39 is 15.4 Å². The Morgan fingerprint density at radius 1 is 1.50 bits per heavy atom. The Hall–Kier alpha value is -0.940. The standard InChI is InChI=1S/C9H13NO3S/c1-9(2,11)7-14(12,13)8-4-3-5-10-6-8/h3-6,11H,7H2,1-2H3. The van der Waals surface area contributed by atoms with Crippen molar-refractivity contribution >= 4 is 9.84 Å². The number of aliphatic hydroxyl groups is 1. The van der Waals surface area contributed by atoms with Crippen LogP contribution >= 0.6 is 0 Å². The summed E-state index contributed by atoms with van der Waals surface area (Å²) in [5.41, 5.74) is -1.23. The second kappa shape index (κ2) is 3.67. The van der Waals surface area contributed by atoms with Crippen molar-refractivity contribution in [2.24, 2.45) is 0 Å². The van der Waals surface area contributed by atoms with Gasteiger partial charge in [-0.25, -0.2) is 8.42 Å². The summed E-state index contributed by atoms with van der Waals surface area (Å²) in [6.45, 7) is 2.92. The summed E-state index contributed by atoms with van der Waals surface area (Å²) in [4.78, 5) is 3.86. The molecule has 0 saturated carbocycles. The van der Waals surface area contributed by atoms with Crippen molar-refractivity contribution in [3.05, 3.63) is 24.5 Å². The van der Waals surface area contributed by atoms with Crippen LogP contribution in [0.4, 0.5) is 0 Å². The molecule has 0 atom stereocenters. The lowest BCUT2D eigenvalue weighted by atomic mass is 10.2. The van der Waals surface area contributed by atoms with Crippen LogP contribution in [-0.2, 0) is 9.84 Å². The predicted molar refractivity (Wildman–Crippen MR) is 52.6 cm³/mol. The second-order valence-electron chi connectivity index (χ2n) is 3.76. The van der Waals surface area contributed by atoms with Gasteiger partial charge in [-0.1, -0.05) is 0 Å². The molecular formula is C9H13NO3S. The maximum Gasteiger partial charge on any atom is 0.182 e. The molecule has 0 spiro atoms. The Balaban J connectivity index is 2.99.